The van der Waals surface area contributed by atoms with Crippen LogP contribution in [0.1, 0.15) is 24.8 Å². The largest absolute Gasteiger partial charge is 0.471 e. The molecule has 6 nitrogen and oxygen atoms in total. The fraction of sp³-hybridized carbons (Fsp3) is 0.471. The summed E-state index contributed by atoms with van der Waals surface area (Å²) in [6.45, 7) is 2.66. The lowest BCUT2D eigenvalue weighted by Gasteiger charge is -2.30. The summed E-state index contributed by atoms with van der Waals surface area (Å²) in [4.78, 5) is 21.4. The zero-order valence-corrected chi connectivity index (χ0v) is 15.3. The van der Waals surface area contributed by atoms with E-state index in [9.17, 15) is 18.0 Å². The molecule has 1 aromatic heterocycles. The maximum Gasteiger partial charge on any atom is 0.471 e. The molecule has 1 fully saturated rings. The van der Waals surface area contributed by atoms with Gasteiger partial charge in [-0.3, -0.25) is 9.63 Å². The molecule has 1 amide bonds. The molecule has 0 bridgehead atoms. The monoisotopic (exact) mass is 401 g/mol. The fourth-order valence-corrected chi connectivity index (χ4v) is 3.11. The molecule has 0 N–H and O–H groups in total. The van der Waals surface area contributed by atoms with E-state index in [1.807, 2.05) is 6.92 Å². The fourth-order valence-electron chi connectivity index (χ4n) is 2.35. The van der Waals surface area contributed by atoms with Crippen molar-refractivity contribution in [2.45, 2.75) is 26.1 Å². The van der Waals surface area contributed by atoms with E-state index >= 15 is 0 Å². The summed E-state index contributed by atoms with van der Waals surface area (Å²) >= 11 is 1.72. The van der Waals surface area contributed by atoms with Crippen molar-refractivity contribution in [2.24, 2.45) is 5.92 Å². The van der Waals surface area contributed by atoms with E-state index in [1.54, 1.807) is 36.0 Å². The standard InChI is InChI=1S/C17H18F3N3O3S/c1-2-7-25-23(15(24)13-9-27-10-13)8-11-3-5-12(6-4-11)14-21-16(26-22-14)17(18,19)20/h3-6,13H,2,7-10H2,1H3. The lowest BCUT2D eigenvalue weighted by atomic mass is 10.1. The smallest absolute Gasteiger partial charge is 0.329 e. The van der Waals surface area contributed by atoms with Gasteiger partial charge >= 0.3 is 12.1 Å². The van der Waals surface area contributed by atoms with E-state index < -0.39 is 12.1 Å². The number of hydrogen-bond acceptors (Lipinski definition) is 6. The van der Waals surface area contributed by atoms with Gasteiger partial charge in [-0.25, -0.2) is 5.06 Å². The molecule has 1 aliphatic rings. The molecule has 10 heteroatoms. The molecule has 0 spiro atoms. The van der Waals surface area contributed by atoms with Gasteiger partial charge in [-0.15, -0.1) is 0 Å². The third-order valence-electron chi connectivity index (χ3n) is 3.89. The molecule has 0 unspecified atom stereocenters. The lowest BCUT2D eigenvalue weighted by Crippen LogP contribution is -2.41. The van der Waals surface area contributed by atoms with Crippen molar-refractivity contribution in [3.05, 3.63) is 35.7 Å². The first kappa shape index (κ1) is 19.7. The van der Waals surface area contributed by atoms with Gasteiger partial charge in [0, 0.05) is 17.1 Å². The van der Waals surface area contributed by atoms with Crippen molar-refractivity contribution in [3.8, 4) is 11.4 Å². The number of benzene rings is 1. The highest BCUT2D eigenvalue weighted by atomic mass is 32.2. The summed E-state index contributed by atoms with van der Waals surface area (Å²) in [5.41, 5.74) is 1.18. The number of halogens is 3. The molecule has 2 heterocycles. The first-order chi connectivity index (χ1) is 12.9. The van der Waals surface area contributed by atoms with Crippen molar-refractivity contribution in [3.63, 3.8) is 0 Å². The Morgan fingerprint density at radius 3 is 2.56 bits per heavy atom. The molecule has 0 saturated carbocycles. The van der Waals surface area contributed by atoms with Crippen LogP contribution in [0.15, 0.2) is 28.8 Å². The van der Waals surface area contributed by atoms with E-state index in [1.165, 1.54) is 5.06 Å². The summed E-state index contributed by atoms with van der Waals surface area (Å²) < 4.78 is 41.9. The van der Waals surface area contributed by atoms with Crippen LogP contribution in [-0.2, 0) is 22.4 Å². The van der Waals surface area contributed by atoms with Crippen LogP contribution in [-0.4, -0.2) is 39.2 Å². The Labute approximate surface area is 158 Å². The minimum atomic E-state index is -4.68. The maximum atomic E-state index is 12.6. The Bertz CT molecular complexity index is 776. The number of alkyl halides is 3. The first-order valence-corrected chi connectivity index (χ1v) is 9.56. The van der Waals surface area contributed by atoms with Gasteiger partial charge in [0.05, 0.1) is 19.1 Å². The number of carbonyl (C=O) groups excluding carboxylic acids is 1. The van der Waals surface area contributed by atoms with Gasteiger partial charge in [0.15, 0.2) is 0 Å². The predicted molar refractivity (Wildman–Crippen MR) is 92.3 cm³/mol. The number of hydroxylamine groups is 2. The number of thioether (sulfide) groups is 1. The second-order valence-electron chi connectivity index (χ2n) is 6.06. The average molecular weight is 401 g/mol. The van der Waals surface area contributed by atoms with Crippen LogP contribution >= 0.6 is 11.8 Å². The molecule has 1 aromatic carbocycles. The highest BCUT2D eigenvalue weighted by molar-refractivity contribution is 8.00. The van der Waals surface area contributed by atoms with Gasteiger partial charge in [-0.05, 0) is 12.0 Å². The SMILES string of the molecule is CCCON(Cc1ccc(-c2noc(C(F)(F)F)n2)cc1)C(=O)C1CSC1. The van der Waals surface area contributed by atoms with Gasteiger partial charge in [-0.2, -0.15) is 29.9 Å². The van der Waals surface area contributed by atoms with Crippen LogP contribution in [0.2, 0.25) is 0 Å². The van der Waals surface area contributed by atoms with Crippen molar-refractivity contribution in [1.82, 2.24) is 15.2 Å². The number of nitrogens with zero attached hydrogens (tertiary/aromatic N) is 3. The van der Waals surface area contributed by atoms with E-state index in [0.717, 1.165) is 23.5 Å². The molecule has 3 rings (SSSR count). The van der Waals surface area contributed by atoms with E-state index in [-0.39, 0.29) is 24.2 Å². The second-order valence-corrected chi connectivity index (χ2v) is 7.14. The molecule has 146 valence electrons. The maximum absolute atomic E-state index is 12.6. The van der Waals surface area contributed by atoms with Crippen molar-refractivity contribution in [2.75, 3.05) is 18.1 Å². The second kappa shape index (κ2) is 8.30. The van der Waals surface area contributed by atoms with Gasteiger partial charge < -0.3 is 4.52 Å². The number of aromatic nitrogens is 2. The molecule has 0 atom stereocenters. The van der Waals surface area contributed by atoms with Crippen LogP contribution in [0.3, 0.4) is 0 Å². The lowest BCUT2D eigenvalue weighted by molar-refractivity contribution is -0.193. The zero-order valence-electron chi connectivity index (χ0n) is 14.5. The van der Waals surface area contributed by atoms with E-state index in [4.69, 9.17) is 4.84 Å². The summed E-state index contributed by atoms with van der Waals surface area (Å²) in [5.74, 6) is -0.00239. The quantitative estimate of drug-likeness (QED) is 0.658. The molecule has 2 aromatic rings. The number of carbonyl (C=O) groups is 1. The average Bonchev–Trinajstić information content (AvgIpc) is 3.08. The molecular weight excluding hydrogens is 383 g/mol. The van der Waals surface area contributed by atoms with Crippen LogP contribution < -0.4 is 0 Å². The number of rotatable bonds is 7. The van der Waals surface area contributed by atoms with E-state index in [0.29, 0.717) is 12.2 Å². The Hall–Kier alpha value is -2.07. The van der Waals surface area contributed by atoms with Crippen LogP contribution in [0, 0.1) is 5.92 Å². The third kappa shape index (κ3) is 4.81. The van der Waals surface area contributed by atoms with Crippen molar-refractivity contribution in [1.29, 1.82) is 0 Å². The normalized spacial score (nSPS) is 14.8. The first-order valence-electron chi connectivity index (χ1n) is 8.40. The summed E-state index contributed by atoms with van der Waals surface area (Å²) in [6.07, 6.45) is -3.90. The molecular formula is C17H18F3N3O3S. The van der Waals surface area contributed by atoms with Gasteiger partial charge in [0.25, 0.3) is 5.91 Å². The Morgan fingerprint density at radius 1 is 1.33 bits per heavy atom. The molecule has 0 radical (unpaired) electrons. The van der Waals surface area contributed by atoms with E-state index in [2.05, 4.69) is 14.7 Å². The van der Waals surface area contributed by atoms with Crippen molar-refractivity contribution >= 4 is 17.7 Å². The predicted octanol–water partition coefficient (Wildman–Crippen LogP) is 3.79. The summed E-state index contributed by atoms with van der Waals surface area (Å²) in [6, 6.07) is 6.57. The Kier molecular flexibility index (Phi) is 6.05. The minimum Gasteiger partial charge on any atom is -0.329 e. The van der Waals surface area contributed by atoms with Crippen LogP contribution in [0.25, 0.3) is 11.4 Å². The summed E-state index contributed by atoms with van der Waals surface area (Å²) in [5, 5.41) is 4.73. The van der Waals surface area contributed by atoms with Crippen molar-refractivity contribution < 1.29 is 27.3 Å². The van der Waals surface area contributed by atoms with Crippen LogP contribution in [0.5, 0.6) is 0 Å². The highest BCUT2D eigenvalue weighted by Crippen LogP contribution is 2.30. The molecule has 1 saturated heterocycles. The minimum absolute atomic E-state index is 0.0220. The third-order valence-corrected chi connectivity index (χ3v) is 5.17. The molecule has 1 aliphatic heterocycles. The summed E-state index contributed by atoms with van der Waals surface area (Å²) in [7, 11) is 0. The highest BCUT2D eigenvalue weighted by Gasteiger charge is 2.38. The van der Waals surface area contributed by atoms with Gasteiger partial charge in [-0.1, -0.05) is 36.3 Å². The zero-order chi connectivity index (χ0) is 19.4. The number of hydrogen-bond donors (Lipinski definition) is 0. The molecule has 0 aliphatic carbocycles. The van der Waals surface area contributed by atoms with Gasteiger partial charge in [0.1, 0.15) is 0 Å². The Morgan fingerprint density at radius 2 is 2.04 bits per heavy atom. The Balaban J connectivity index is 1.69. The topological polar surface area (TPSA) is 68.5 Å². The molecule has 27 heavy (non-hydrogen) atoms. The van der Waals surface area contributed by atoms with Gasteiger partial charge in [0.2, 0.25) is 5.82 Å². The number of amides is 1. The van der Waals surface area contributed by atoms with Crippen LogP contribution in [0.4, 0.5) is 13.2 Å².